The Morgan fingerprint density at radius 3 is 2.29 bits per heavy atom. The molecule has 0 aliphatic carbocycles. The van der Waals surface area contributed by atoms with Crippen LogP contribution in [-0.4, -0.2) is 16.9 Å². The molecule has 0 fully saturated rings. The van der Waals surface area contributed by atoms with Crippen molar-refractivity contribution < 1.29 is 14.6 Å². The smallest absolute Gasteiger partial charge is 0.335 e. The number of rotatable bonds is 9. The van der Waals surface area contributed by atoms with E-state index in [4.69, 9.17) is 4.74 Å². The summed E-state index contributed by atoms with van der Waals surface area (Å²) in [4.78, 5) is 11.3. The first-order chi connectivity index (χ1) is 7.89. The molecule has 0 bridgehead atoms. The zero-order valence-corrected chi connectivity index (χ0v) is 11.4. The third-order valence-corrected chi connectivity index (χ3v) is 2.66. The van der Waals surface area contributed by atoms with Gasteiger partial charge in [0.15, 0.2) is 0 Å². The van der Waals surface area contributed by atoms with E-state index in [2.05, 4.69) is 13.5 Å². The quantitative estimate of drug-likeness (QED) is 0.291. The van der Waals surface area contributed by atoms with Gasteiger partial charge in [0, 0.05) is 18.9 Å². The summed E-state index contributed by atoms with van der Waals surface area (Å²) in [6, 6.07) is 0. The van der Waals surface area contributed by atoms with Crippen molar-refractivity contribution in [1.82, 2.24) is 0 Å². The monoisotopic (exact) mass is 242 g/mol. The number of carbonyl (C=O) groups is 1. The molecule has 100 valence electrons. The lowest BCUT2D eigenvalue weighted by Crippen LogP contribution is -2.31. The molecule has 3 heteroatoms. The minimum atomic E-state index is -1.36. The Morgan fingerprint density at radius 1 is 1.24 bits per heavy atom. The van der Waals surface area contributed by atoms with Crippen LogP contribution in [0.2, 0.25) is 0 Å². The van der Waals surface area contributed by atoms with Crippen molar-refractivity contribution in [2.45, 2.75) is 71.5 Å². The number of aliphatic hydroxyl groups is 1. The first-order valence-corrected chi connectivity index (χ1v) is 6.50. The summed E-state index contributed by atoms with van der Waals surface area (Å²) in [5.74, 6) is -1.89. The van der Waals surface area contributed by atoms with E-state index < -0.39 is 11.8 Å². The molecule has 0 aromatic rings. The fraction of sp³-hybridized carbons (Fsp3) is 0.786. The summed E-state index contributed by atoms with van der Waals surface area (Å²) >= 11 is 0. The molecule has 0 radical (unpaired) electrons. The third-order valence-electron chi connectivity index (χ3n) is 2.66. The first-order valence-electron chi connectivity index (χ1n) is 6.50. The maximum absolute atomic E-state index is 11.3. The van der Waals surface area contributed by atoms with E-state index in [1.54, 1.807) is 6.92 Å². The molecule has 17 heavy (non-hydrogen) atoms. The lowest BCUT2D eigenvalue weighted by atomic mass is 10.1. The van der Waals surface area contributed by atoms with Gasteiger partial charge in [0.05, 0.1) is 0 Å². The van der Waals surface area contributed by atoms with Crippen LogP contribution in [0.1, 0.15) is 65.7 Å². The van der Waals surface area contributed by atoms with Crippen LogP contribution < -0.4 is 0 Å². The second-order valence-corrected chi connectivity index (χ2v) is 4.86. The van der Waals surface area contributed by atoms with Crippen LogP contribution in [0.4, 0.5) is 0 Å². The largest absolute Gasteiger partial charge is 0.430 e. The summed E-state index contributed by atoms with van der Waals surface area (Å²) in [6.45, 7) is 8.77. The average molecular weight is 242 g/mol. The Hall–Kier alpha value is -0.830. The van der Waals surface area contributed by atoms with Gasteiger partial charge >= 0.3 is 5.97 Å². The van der Waals surface area contributed by atoms with Crippen LogP contribution >= 0.6 is 0 Å². The lowest BCUT2D eigenvalue weighted by molar-refractivity contribution is -0.200. The molecule has 0 heterocycles. The van der Waals surface area contributed by atoms with Crippen molar-refractivity contribution in [3.63, 3.8) is 0 Å². The summed E-state index contributed by atoms with van der Waals surface area (Å²) in [6.07, 6.45) is 7.34. The molecule has 0 aliphatic heterocycles. The van der Waals surface area contributed by atoms with Crippen LogP contribution in [0.5, 0.6) is 0 Å². The number of hydrogen-bond donors (Lipinski definition) is 1. The maximum atomic E-state index is 11.3. The fourth-order valence-electron chi connectivity index (χ4n) is 1.57. The zero-order valence-electron chi connectivity index (χ0n) is 11.4. The maximum Gasteiger partial charge on any atom is 0.335 e. The van der Waals surface area contributed by atoms with Gasteiger partial charge in [-0.25, -0.2) is 4.79 Å². The lowest BCUT2D eigenvalue weighted by Gasteiger charge is -2.23. The normalized spacial score (nSPS) is 14.1. The molecule has 0 aliphatic rings. The second-order valence-electron chi connectivity index (χ2n) is 4.86. The fourth-order valence-corrected chi connectivity index (χ4v) is 1.57. The minimum Gasteiger partial charge on any atom is -0.430 e. The van der Waals surface area contributed by atoms with Crippen LogP contribution in [-0.2, 0) is 9.53 Å². The van der Waals surface area contributed by atoms with Gasteiger partial charge in [-0.2, -0.15) is 0 Å². The highest BCUT2D eigenvalue weighted by Crippen LogP contribution is 2.18. The number of hydrogen-bond acceptors (Lipinski definition) is 3. The van der Waals surface area contributed by atoms with Crippen molar-refractivity contribution in [3.05, 3.63) is 12.2 Å². The Labute approximate surface area is 105 Å². The Kier molecular flexibility index (Phi) is 7.88. The Morgan fingerprint density at radius 2 is 1.76 bits per heavy atom. The minimum absolute atomic E-state index is 0.313. The first kappa shape index (κ1) is 16.2. The van der Waals surface area contributed by atoms with Gasteiger partial charge in [-0.15, -0.1) is 0 Å². The number of esters is 1. The van der Waals surface area contributed by atoms with Crippen LogP contribution in [0, 0.1) is 0 Å². The van der Waals surface area contributed by atoms with Crippen molar-refractivity contribution >= 4 is 5.97 Å². The molecule has 0 aromatic heterocycles. The predicted molar refractivity (Wildman–Crippen MR) is 69.5 cm³/mol. The molecule has 0 saturated carbocycles. The van der Waals surface area contributed by atoms with Crippen molar-refractivity contribution in [2.75, 3.05) is 0 Å². The van der Waals surface area contributed by atoms with Crippen molar-refractivity contribution in [3.8, 4) is 0 Å². The summed E-state index contributed by atoms with van der Waals surface area (Å²) in [5.41, 5.74) is 0.313. The van der Waals surface area contributed by atoms with E-state index in [9.17, 15) is 9.90 Å². The second kappa shape index (κ2) is 8.29. The van der Waals surface area contributed by atoms with Gasteiger partial charge in [-0.1, -0.05) is 45.6 Å². The molecule has 0 saturated heterocycles. The van der Waals surface area contributed by atoms with Crippen molar-refractivity contribution in [2.24, 2.45) is 0 Å². The van der Waals surface area contributed by atoms with E-state index >= 15 is 0 Å². The van der Waals surface area contributed by atoms with E-state index in [1.165, 1.54) is 32.6 Å². The van der Waals surface area contributed by atoms with E-state index in [0.29, 0.717) is 12.0 Å². The molecule has 1 N–H and O–H groups in total. The molecule has 0 rings (SSSR count). The Balaban J connectivity index is 3.71. The number of ether oxygens (including phenoxy) is 1. The molecule has 0 amide bonds. The molecular formula is C14H26O3. The number of carbonyl (C=O) groups excluding carboxylic acids is 1. The van der Waals surface area contributed by atoms with Gasteiger partial charge in [0.25, 0.3) is 0 Å². The van der Waals surface area contributed by atoms with Gasteiger partial charge in [-0.05, 0) is 13.3 Å². The van der Waals surface area contributed by atoms with Gasteiger partial charge in [0.1, 0.15) is 0 Å². The van der Waals surface area contributed by atoms with Crippen molar-refractivity contribution in [1.29, 1.82) is 0 Å². The molecule has 1 atom stereocenters. The molecular weight excluding hydrogens is 216 g/mol. The Bertz CT molecular complexity index is 244. The van der Waals surface area contributed by atoms with Crippen LogP contribution in [0.15, 0.2) is 12.2 Å². The SMILES string of the molecule is C=C(C)C(=O)OC(C)(O)CCCCCCCC. The van der Waals surface area contributed by atoms with Gasteiger partial charge in [-0.3, -0.25) is 0 Å². The zero-order chi connectivity index (χ0) is 13.3. The highest BCUT2D eigenvalue weighted by molar-refractivity contribution is 5.87. The van der Waals surface area contributed by atoms with E-state index in [1.807, 2.05) is 0 Å². The highest BCUT2D eigenvalue weighted by atomic mass is 16.7. The standard InChI is InChI=1S/C14H26O3/c1-5-6-7-8-9-10-11-14(4,16)17-13(15)12(2)3/h16H,2,5-11H2,1,3-4H3. The summed E-state index contributed by atoms with van der Waals surface area (Å²) in [7, 11) is 0. The average Bonchev–Trinajstić information content (AvgIpc) is 2.22. The van der Waals surface area contributed by atoms with Crippen LogP contribution in [0.3, 0.4) is 0 Å². The molecule has 3 nitrogen and oxygen atoms in total. The molecule has 1 unspecified atom stereocenters. The number of unbranched alkanes of at least 4 members (excludes halogenated alkanes) is 5. The highest BCUT2D eigenvalue weighted by Gasteiger charge is 2.24. The van der Waals surface area contributed by atoms with Crippen LogP contribution in [0.25, 0.3) is 0 Å². The van der Waals surface area contributed by atoms with Gasteiger partial charge in [0.2, 0.25) is 5.79 Å². The topological polar surface area (TPSA) is 46.5 Å². The molecule has 0 aromatic carbocycles. The van der Waals surface area contributed by atoms with E-state index in [-0.39, 0.29) is 0 Å². The molecule has 0 spiro atoms. The predicted octanol–water partition coefficient (Wildman–Crippen LogP) is 3.56. The van der Waals surface area contributed by atoms with E-state index in [0.717, 1.165) is 12.8 Å². The summed E-state index contributed by atoms with van der Waals surface area (Å²) in [5, 5.41) is 9.85. The third kappa shape index (κ3) is 8.93. The van der Waals surface area contributed by atoms with Gasteiger partial charge < -0.3 is 9.84 Å². The summed E-state index contributed by atoms with van der Waals surface area (Å²) < 4.78 is 4.94.